The van der Waals surface area contributed by atoms with Crippen molar-refractivity contribution < 1.29 is 23.0 Å². The van der Waals surface area contributed by atoms with Crippen molar-refractivity contribution in [3.05, 3.63) is 47.2 Å². The number of hydrogen-bond acceptors (Lipinski definition) is 4. The summed E-state index contributed by atoms with van der Waals surface area (Å²) in [6.45, 7) is 1.53. The second-order valence-corrected chi connectivity index (χ2v) is 4.16. The summed E-state index contributed by atoms with van der Waals surface area (Å²) >= 11 is 0. The van der Waals surface area contributed by atoms with Crippen LogP contribution in [0.15, 0.2) is 30.3 Å². The molecule has 0 saturated heterocycles. The van der Waals surface area contributed by atoms with Crippen LogP contribution in [-0.2, 0) is 6.18 Å². The largest absolute Gasteiger partial charge is 0.508 e. The van der Waals surface area contributed by atoms with E-state index >= 15 is 0 Å². The minimum atomic E-state index is -4.64. The van der Waals surface area contributed by atoms with E-state index in [9.17, 15) is 18.3 Å². The number of phenols is 1. The minimum absolute atomic E-state index is 0.0713. The van der Waals surface area contributed by atoms with E-state index in [1.165, 1.54) is 25.1 Å². The third-order valence-corrected chi connectivity index (χ3v) is 2.73. The van der Waals surface area contributed by atoms with Crippen LogP contribution in [0.4, 0.5) is 13.2 Å². The summed E-state index contributed by atoms with van der Waals surface area (Å²) in [6, 6.07) is 7.75. The van der Waals surface area contributed by atoms with Crippen molar-refractivity contribution in [1.29, 1.82) is 5.26 Å². The number of rotatable bonds is 2. The highest BCUT2D eigenvalue weighted by molar-refractivity contribution is 5.47. The highest BCUT2D eigenvalue weighted by Gasteiger charge is 2.33. The molecular formula is C14H9F3N2O2. The number of benzene rings is 1. The van der Waals surface area contributed by atoms with Gasteiger partial charge in [-0.3, -0.25) is 0 Å². The number of pyridine rings is 1. The topological polar surface area (TPSA) is 66.1 Å². The van der Waals surface area contributed by atoms with Gasteiger partial charge < -0.3 is 9.84 Å². The van der Waals surface area contributed by atoms with Gasteiger partial charge in [0.05, 0.1) is 0 Å². The molecule has 0 spiro atoms. The van der Waals surface area contributed by atoms with Crippen LogP contribution in [0.2, 0.25) is 0 Å². The number of nitriles is 1. The second-order valence-electron chi connectivity index (χ2n) is 4.16. The number of aromatic nitrogens is 1. The fourth-order valence-corrected chi connectivity index (χ4v) is 1.58. The zero-order valence-corrected chi connectivity index (χ0v) is 10.8. The monoisotopic (exact) mass is 294 g/mol. The predicted octanol–water partition coefficient (Wildman–Crippen LogP) is 3.78. The van der Waals surface area contributed by atoms with E-state index in [2.05, 4.69) is 4.98 Å². The Kier molecular flexibility index (Phi) is 3.72. The maximum atomic E-state index is 12.6. The molecule has 2 rings (SSSR count). The van der Waals surface area contributed by atoms with E-state index in [0.29, 0.717) is 11.6 Å². The zero-order valence-electron chi connectivity index (χ0n) is 10.8. The van der Waals surface area contributed by atoms with Gasteiger partial charge in [-0.1, -0.05) is 6.07 Å². The molecule has 0 amide bonds. The van der Waals surface area contributed by atoms with Gasteiger partial charge in [-0.15, -0.1) is 0 Å². The first-order valence-corrected chi connectivity index (χ1v) is 5.77. The van der Waals surface area contributed by atoms with E-state index in [0.717, 1.165) is 6.07 Å². The molecule has 0 aliphatic heterocycles. The van der Waals surface area contributed by atoms with Crippen LogP contribution in [0.1, 0.15) is 16.8 Å². The Bertz CT molecular complexity index is 721. The molecule has 1 heterocycles. The van der Waals surface area contributed by atoms with Gasteiger partial charge in [0.15, 0.2) is 0 Å². The van der Waals surface area contributed by atoms with Crippen molar-refractivity contribution in [2.24, 2.45) is 0 Å². The summed E-state index contributed by atoms with van der Waals surface area (Å²) < 4.78 is 43.2. The van der Waals surface area contributed by atoms with Gasteiger partial charge >= 0.3 is 6.18 Å². The Balaban J connectivity index is 2.48. The molecule has 0 aliphatic rings. The van der Waals surface area contributed by atoms with Crippen molar-refractivity contribution in [3.63, 3.8) is 0 Å². The number of halogens is 3. The van der Waals surface area contributed by atoms with Gasteiger partial charge in [-0.05, 0) is 31.2 Å². The average Bonchev–Trinajstić information content (AvgIpc) is 2.43. The standard InChI is InChI=1S/C14H9F3N2O2/c1-8-10(20)3-2-4-11(8)21-13-9(7-18)5-6-12(19-13)14(15,16)17/h2-6,20H,1H3. The molecule has 4 nitrogen and oxygen atoms in total. The smallest absolute Gasteiger partial charge is 0.433 e. The molecule has 0 saturated carbocycles. The van der Waals surface area contributed by atoms with Crippen molar-refractivity contribution in [2.75, 3.05) is 0 Å². The molecule has 0 fully saturated rings. The molecule has 0 radical (unpaired) electrons. The Morgan fingerprint density at radius 2 is 1.95 bits per heavy atom. The van der Waals surface area contributed by atoms with E-state index in [4.69, 9.17) is 10.00 Å². The first-order chi connectivity index (χ1) is 9.82. The zero-order chi connectivity index (χ0) is 15.6. The van der Waals surface area contributed by atoms with Gasteiger partial charge in [0.2, 0.25) is 5.88 Å². The normalized spacial score (nSPS) is 11.0. The highest BCUT2D eigenvalue weighted by Crippen LogP contribution is 2.34. The third-order valence-electron chi connectivity index (χ3n) is 2.73. The third kappa shape index (κ3) is 3.05. The molecule has 1 N–H and O–H groups in total. The van der Waals surface area contributed by atoms with Crippen molar-refractivity contribution in [2.45, 2.75) is 13.1 Å². The summed E-state index contributed by atoms with van der Waals surface area (Å²) in [5.41, 5.74) is -0.958. The number of ether oxygens (including phenoxy) is 1. The van der Waals surface area contributed by atoms with Crippen LogP contribution in [0.3, 0.4) is 0 Å². The van der Waals surface area contributed by atoms with Gasteiger partial charge in [0.25, 0.3) is 0 Å². The van der Waals surface area contributed by atoms with Crippen LogP contribution in [-0.4, -0.2) is 10.1 Å². The summed E-state index contributed by atoms with van der Waals surface area (Å²) in [7, 11) is 0. The molecule has 2 aromatic rings. The molecular weight excluding hydrogens is 285 g/mol. The van der Waals surface area contributed by atoms with Gasteiger partial charge in [-0.2, -0.15) is 18.4 Å². The molecule has 0 aliphatic carbocycles. The van der Waals surface area contributed by atoms with Gasteiger partial charge in [-0.25, -0.2) is 4.98 Å². The summed E-state index contributed by atoms with van der Waals surface area (Å²) in [4.78, 5) is 3.33. The molecule has 0 atom stereocenters. The van der Waals surface area contributed by atoms with Crippen molar-refractivity contribution in [3.8, 4) is 23.4 Å². The lowest BCUT2D eigenvalue weighted by Gasteiger charge is -2.12. The fraction of sp³-hybridized carbons (Fsp3) is 0.143. The molecule has 108 valence electrons. The summed E-state index contributed by atoms with van der Waals surface area (Å²) in [5, 5.41) is 18.5. The minimum Gasteiger partial charge on any atom is -0.508 e. The number of alkyl halides is 3. The Morgan fingerprint density at radius 1 is 1.24 bits per heavy atom. The molecule has 7 heteroatoms. The lowest BCUT2D eigenvalue weighted by molar-refractivity contribution is -0.141. The van der Waals surface area contributed by atoms with Crippen LogP contribution >= 0.6 is 0 Å². The van der Waals surface area contributed by atoms with Crippen LogP contribution < -0.4 is 4.74 Å². The van der Waals surface area contributed by atoms with Crippen molar-refractivity contribution >= 4 is 0 Å². The van der Waals surface area contributed by atoms with Crippen molar-refractivity contribution in [1.82, 2.24) is 4.98 Å². The first kappa shape index (κ1) is 14.7. The lowest BCUT2D eigenvalue weighted by Crippen LogP contribution is -2.09. The van der Waals surface area contributed by atoms with Gasteiger partial charge in [0.1, 0.15) is 28.8 Å². The Hall–Kier alpha value is -2.75. The predicted molar refractivity (Wildman–Crippen MR) is 66.9 cm³/mol. The quantitative estimate of drug-likeness (QED) is 0.915. The van der Waals surface area contributed by atoms with Gasteiger partial charge in [0, 0.05) is 5.56 Å². The van der Waals surface area contributed by atoms with E-state index in [1.807, 2.05) is 0 Å². The van der Waals surface area contributed by atoms with Crippen LogP contribution in [0.25, 0.3) is 0 Å². The molecule has 0 bridgehead atoms. The van der Waals surface area contributed by atoms with Crippen LogP contribution in [0, 0.1) is 18.3 Å². The first-order valence-electron chi connectivity index (χ1n) is 5.77. The number of hydrogen-bond donors (Lipinski definition) is 1. The molecule has 21 heavy (non-hydrogen) atoms. The summed E-state index contributed by atoms with van der Waals surface area (Å²) in [6.07, 6.45) is -4.64. The lowest BCUT2D eigenvalue weighted by atomic mass is 10.2. The Labute approximate surface area is 118 Å². The number of phenolic OH excluding ortho intramolecular Hbond substituents is 1. The maximum Gasteiger partial charge on any atom is 0.433 e. The molecule has 1 aromatic carbocycles. The van der Waals surface area contributed by atoms with Crippen LogP contribution in [0.5, 0.6) is 17.4 Å². The van der Waals surface area contributed by atoms with E-state index < -0.39 is 17.8 Å². The fourth-order valence-electron chi connectivity index (χ4n) is 1.58. The number of aromatic hydroxyl groups is 1. The molecule has 0 unspecified atom stereocenters. The van der Waals surface area contributed by atoms with E-state index in [1.54, 1.807) is 6.07 Å². The summed E-state index contributed by atoms with van der Waals surface area (Å²) in [5.74, 6) is -0.405. The Morgan fingerprint density at radius 3 is 2.57 bits per heavy atom. The maximum absolute atomic E-state index is 12.6. The highest BCUT2D eigenvalue weighted by atomic mass is 19.4. The second kappa shape index (κ2) is 5.32. The average molecular weight is 294 g/mol. The molecule has 1 aromatic heterocycles. The number of nitrogens with zero attached hydrogens (tertiary/aromatic N) is 2. The van der Waals surface area contributed by atoms with E-state index in [-0.39, 0.29) is 17.1 Å². The SMILES string of the molecule is Cc1c(O)cccc1Oc1nc(C(F)(F)F)ccc1C#N.